The topological polar surface area (TPSA) is 84.9 Å². The molecule has 2 N–H and O–H groups in total. The zero-order valence-corrected chi connectivity index (χ0v) is 14.2. The van der Waals surface area contributed by atoms with Gasteiger partial charge < -0.3 is 19.9 Å². The molecule has 0 aliphatic heterocycles. The number of hydrogen-bond donors (Lipinski definition) is 2. The van der Waals surface area contributed by atoms with Crippen LogP contribution in [-0.4, -0.2) is 36.8 Å². The van der Waals surface area contributed by atoms with Gasteiger partial charge in [-0.3, -0.25) is 4.79 Å². The van der Waals surface area contributed by atoms with Gasteiger partial charge in [0.25, 0.3) is 0 Å². The molecule has 1 aliphatic rings. The Morgan fingerprint density at radius 1 is 1.33 bits per heavy atom. The minimum atomic E-state index is -1.06. The van der Waals surface area contributed by atoms with Gasteiger partial charge in [0.15, 0.2) is 0 Å². The molecule has 6 nitrogen and oxygen atoms in total. The number of hydrogen-bond acceptors (Lipinski definition) is 4. The maximum atomic E-state index is 11.9. The number of carbonyl (C=O) groups is 2. The smallest absolute Gasteiger partial charge is 0.339 e. The van der Waals surface area contributed by atoms with Crippen molar-refractivity contribution in [1.29, 1.82) is 0 Å². The van der Waals surface area contributed by atoms with Gasteiger partial charge in [-0.15, -0.1) is 0 Å². The Bertz CT molecular complexity index is 587. The van der Waals surface area contributed by atoms with Crippen molar-refractivity contribution in [2.75, 3.05) is 13.7 Å². The Balaban J connectivity index is 1.81. The van der Waals surface area contributed by atoms with E-state index in [1.807, 2.05) is 0 Å². The summed E-state index contributed by atoms with van der Waals surface area (Å²) >= 11 is 0. The lowest BCUT2D eigenvalue weighted by molar-refractivity contribution is -0.128. The lowest BCUT2D eigenvalue weighted by Gasteiger charge is -2.26. The SMILES string of the molecule is COc1ccc(CNC(=O)CO[C@H]2CCC[C@H](C)C2)cc1C(=O)O. The third-order valence-corrected chi connectivity index (χ3v) is 4.32. The molecule has 0 bridgehead atoms. The highest BCUT2D eigenvalue weighted by atomic mass is 16.5. The monoisotopic (exact) mass is 335 g/mol. The quantitative estimate of drug-likeness (QED) is 0.800. The molecule has 0 radical (unpaired) electrons. The highest BCUT2D eigenvalue weighted by Crippen LogP contribution is 2.25. The molecule has 1 aromatic rings. The predicted octanol–water partition coefficient (Wildman–Crippen LogP) is 2.60. The molecule has 0 unspecified atom stereocenters. The van der Waals surface area contributed by atoms with Crippen LogP contribution in [0.3, 0.4) is 0 Å². The molecular formula is C18H25NO5. The molecular weight excluding hydrogens is 310 g/mol. The predicted molar refractivity (Wildman–Crippen MR) is 89.2 cm³/mol. The van der Waals surface area contributed by atoms with Gasteiger partial charge in [0, 0.05) is 6.54 Å². The first-order valence-corrected chi connectivity index (χ1v) is 8.28. The van der Waals surface area contributed by atoms with E-state index in [2.05, 4.69) is 12.2 Å². The highest BCUT2D eigenvalue weighted by Gasteiger charge is 2.20. The fourth-order valence-corrected chi connectivity index (χ4v) is 3.01. The van der Waals surface area contributed by atoms with Gasteiger partial charge in [-0.05, 0) is 36.5 Å². The zero-order chi connectivity index (χ0) is 17.5. The first-order chi connectivity index (χ1) is 11.5. The molecule has 0 heterocycles. The number of aromatic carboxylic acids is 1. The Kier molecular flexibility index (Phi) is 6.61. The second-order valence-corrected chi connectivity index (χ2v) is 6.32. The Labute approximate surface area is 142 Å². The molecule has 1 aliphatic carbocycles. The summed E-state index contributed by atoms with van der Waals surface area (Å²) in [5.74, 6) is -0.302. The van der Waals surface area contributed by atoms with E-state index in [-0.39, 0.29) is 30.7 Å². The minimum Gasteiger partial charge on any atom is -0.496 e. The van der Waals surface area contributed by atoms with Crippen molar-refractivity contribution in [3.63, 3.8) is 0 Å². The number of carbonyl (C=O) groups excluding carboxylic acids is 1. The van der Waals surface area contributed by atoms with E-state index < -0.39 is 5.97 Å². The number of benzene rings is 1. The number of carboxylic acid groups (broad SMARTS) is 1. The van der Waals surface area contributed by atoms with E-state index >= 15 is 0 Å². The van der Waals surface area contributed by atoms with Gasteiger partial charge in [0.1, 0.15) is 17.9 Å². The van der Waals surface area contributed by atoms with Gasteiger partial charge >= 0.3 is 5.97 Å². The molecule has 2 rings (SSSR count). The molecule has 6 heteroatoms. The third-order valence-electron chi connectivity index (χ3n) is 4.32. The lowest BCUT2D eigenvalue weighted by atomic mass is 9.89. The number of nitrogens with one attached hydrogen (secondary N) is 1. The van der Waals surface area contributed by atoms with Crippen molar-refractivity contribution in [2.45, 2.75) is 45.3 Å². The van der Waals surface area contributed by atoms with Crippen LogP contribution in [0.2, 0.25) is 0 Å². The Hall–Kier alpha value is -2.08. The summed E-state index contributed by atoms with van der Waals surface area (Å²) in [6.07, 6.45) is 4.57. The van der Waals surface area contributed by atoms with Gasteiger partial charge in [-0.25, -0.2) is 4.79 Å². The van der Waals surface area contributed by atoms with Crippen LogP contribution in [0.5, 0.6) is 5.75 Å². The van der Waals surface area contributed by atoms with Crippen LogP contribution in [0.4, 0.5) is 0 Å². The Morgan fingerprint density at radius 3 is 2.79 bits per heavy atom. The maximum Gasteiger partial charge on any atom is 0.339 e. The summed E-state index contributed by atoms with van der Waals surface area (Å²) in [5, 5.41) is 11.9. The van der Waals surface area contributed by atoms with E-state index in [0.717, 1.165) is 19.3 Å². The van der Waals surface area contributed by atoms with Crippen LogP contribution >= 0.6 is 0 Å². The van der Waals surface area contributed by atoms with Crippen LogP contribution < -0.4 is 10.1 Å². The number of rotatable bonds is 7. The van der Waals surface area contributed by atoms with Crippen molar-refractivity contribution < 1.29 is 24.2 Å². The van der Waals surface area contributed by atoms with Gasteiger partial charge in [-0.2, -0.15) is 0 Å². The second-order valence-electron chi connectivity index (χ2n) is 6.32. The number of carboxylic acids is 1. The summed E-state index contributed by atoms with van der Waals surface area (Å²) in [4.78, 5) is 23.1. The fraction of sp³-hybridized carbons (Fsp3) is 0.556. The summed E-state index contributed by atoms with van der Waals surface area (Å²) in [6.45, 7) is 2.51. The van der Waals surface area contributed by atoms with E-state index in [1.165, 1.54) is 19.6 Å². The van der Waals surface area contributed by atoms with Crippen molar-refractivity contribution in [2.24, 2.45) is 5.92 Å². The van der Waals surface area contributed by atoms with Crippen molar-refractivity contribution in [1.82, 2.24) is 5.32 Å². The average Bonchev–Trinajstić information content (AvgIpc) is 2.58. The van der Waals surface area contributed by atoms with Crippen LogP contribution in [0.25, 0.3) is 0 Å². The summed E-state index contributed by atoms with van der Waals surface area (Å²) in [6, 6.07) is 4.82. The van der Waals surface area contributed by atoms with Crippen molar-refractivity contribution in [3.05, 3.63) is 29.3 Å². The molecule has 0 aromatic heterocycles. The van der Waals surface area contributed by atoms with Crippen molar-refractivity contribution in [3.8, 4) is 5.75 Å². The first kappa shape index (κ1) is 18.3. The summed E-state index contributed by atoms with van der Waals surface area (Å²) in [5.41, 5.74) is 0.782. The first-order valence-electron chi connectivity index (χ1n) is 8.28. The second kappa shape index (κ2) is 8.68. The molecule has 24 heavy (non-hydrogen) atoms. The fourth-order valence-electron chi connectivity index (χ4n) is 3.01. The molecule has 132 valence electrons. The normalized spacial score (nSPS) is 20.4. The van der Waals surface area contributed by atoms with Gasteiger partial charge in [0.05, 0.1) is 13.2 Å². The molecule has 2 atom stereocenters. The van der Waals surface area contributed by atoms with E-state index in [0.29, 0.717) is 17.2 Å². The molecule has 0 saturated heterocycles. The molecule has 1 saturated carbocycles. The van der Waals surface area contributed by atoms with Crippen LogP contribution in [0.15, 0.2) is 18.2 Å². The maximum absolute atomic E-state index is 11.9. The molecule has 1 amide bonds. The summed E-state index contributed by atoms with van der Waals surface area (Å²) in [7, 11) is 1.42. The molecule has 1 aromatic carbocycles. The van der Waals surface area contributed by atoms with Crippen molar-refractivity contribution >= 4 is 11.9 Å². The minimum absolute atomic E-state index is 0.0410. The Morgan fingerprint density at radius 2 is 2.12 bits per heavy atom. The van der Waals surface area contributed by atoms with E-state index in [4.69, 9.17) is 14.6 Å². The average molecular weight is 335 g/mol. The number of ether oxygens (including phenoxy) is 2. The van der Waals surface area contributed by atoms with Crippen LogP contribution in [0, 0.1) is 5.92 Å². The lowest BCUT2D eigenvalue weighted by Crippen LogP contribution is -2.31. The standard InChI is InChI=1S/C18H25NO5/c1-12-4-3-5-14(8-12)24-11-17(20)19-10-13-6-7-16(23-2)15(9-13)18(21)22/h6-7,9,12,14H,3-5,8,10-11H2,1-2H3,(H,19,20)(H,21,22)/t12-,14-/m0/s1. The largest absolute Gasteiger partial charge is 0.496 e. The number of methoxy groups -OCH3 is 1. The van der Waals surface area contributed by atoms with Crippen LogP contribution in [-0.2, 0) is 16.1 Å². The third kappa shape index (κ3) is 5.23. The zero-order valence-electron chi connectivity index (χ0n) is 14.2. The molecule has 0 spiro atoms. The van der Waals surface area contributed by atoms with Crippen LogP contribution in [0.1, 0.15) is 48.5 Å². The van der Waals surface area contributed by atoms with E-state index in [1.54, 1.807) is 12.1 Å². The van der Waals surface area contributed by atoms with Gasteiger partial charge in [-0.1, -0.05) is 25.8 Å². The highest BCUT2D eigenvalue weighted by molar-refractivity contribution is 5.91. The van der Waals surface area contributed by atoms with Gasteiger partial charge in [0.2, 0.25) is 5.91 Å². The molecule has 1 fully saturated rings. The number of amides is 1. The van der Waals surface area contributed by atoms with E-state index in [9.17, 15) is 9.59 Å². The summed E-state index contributed by atoms with van der Waals surface area (Å²) < 4.78 is 10.7.